The van der Waals surface area contributed by atoms with Gasteiger partial charge in [-0.3, -0.25) is 4.79 Å². The molecule has 0 saturated carbocycles. The van der Waals surface area contributed by atoms with Gasteiger partial charge < -0.3 is 16.2 Å². The molecule has 1 aromatic carbocycles. The van der Waals surface area contributed by atoms with E-state index in [1.807, 2.05) is 0 Å². The summed E-state index contributed by atoms with van der Waals surface area (Å²) < 4.78 is 0. The molecule has 0 heterocycles. The number of aryl methyl sites for hydroxylation is 1. The Kier molecular flexibility index (Phi) is 4.90. The van der Waals surface area contributed by atoms with Crippen LogP contribution in [0.3, 0.4) is 0 Å². The van der Waals surface area contributed by atoms with Crippen LogP contribution in [-0.2, 0) is 0 Å². The molecular formula is C12H16N2O2S. The van der Waals surface area contributed by atoms with Gasteiger partial charge in [0.25, 0.3) is 5.91 Å². The van der Waals surface area contributed by atoms with Gasteiger partial charge in [0, 0.05) is 12.1 Å². The molecule has 0 saturated heterocycles. The second-order valence-electron chi connectivity index (χ2n) is 3.82. The molecule has 0 atom stereocenters. The number of benzene rings is 1. The van der Waals surface area contributed by atoms with Crippen molar-refractivity contribution < 1.29 is 9.90 Å². The Bertz CT molecular complexity index is 433. The lowest BCUT2D eigenvalue weighted by Gasteiger charge is -2.07. The van der Waals surface area contributed by atoms with Gasteiger partial charge in [-0.25, -0.2) is 0 Å². The van der Waals surface area contributed by atoms with E-state index in [1.165, 1.54) is 6.07 Å². The van der Waals surface area contributed by atoms with Gasteiger partial charge in [0.15, 0.2) is 0 Å². The van der Waals surface area contributed by atoms with Gasteiger partial charge in [-0.2, -0.15) is 0 Å². The van der Waals surface area contributed by atoms with Crippen molar-refractivity contribution in [3.63, 3.8) is 0 Å². The molecule has 0 unspecified atom stereocenters. The van der Waals surface area contributed by atoms with Gasteiger partial charge in [-0.05, 0) is 43.5 Å². The molecule has 92 valence electrons. The van der Waals surface area contributed by atoms with Crippen LogP contribution in [0.2, 0.25) is 0 Å². The Labute approximate surface area is 106 Å². The summed E-state index contributed by atoms with van der Waals surface area (Å²) in [6.07, 6.45) is 1.36. The second kappa shape index (κ2) is 6.20. The molecule has 1 amide bonds. The monoisotopic (exact) mass is 252 g/mol. The molecule has 0 fully saturated rings. The summed E-state index contributed by atoms with van der Waals surface area (Å²) >= 11 is 4.74. The maximum absolute atomic E-state index is 11.8. The molecular weight excluding hydrogens is 236 g/mol. The minimum Gasteiger partial charge on any atom is -0.508 e. The van der Waals surface area contributed by atoms with E-state index in [1.54, 1.807) is 19.1 Å². The first-order valence-electron chi connectivity index (χ1n) is 5.37. The number of phenols is 1. The number of phenolic OH excluding ortho intramolecular Hbond substituents is 1. The summed E-state index contributed by atoms with van der Waals surface area (Å²) in [4.78, 5) is 12.2. The Hall–Kier alpha value is -1.62. The number of amides is 1. The van der Waals surface area contributed by atoms with Crippen molar-refractivity contribution in [3.05, 3.63) is 29.3 Å². The molecule has 4 N–H and O–H groups in total. The lowest BCUT2D eigenvalue weighted by molar-refractivity contribution is 0.0953. The average Bonchev–Trinajstić information content (AvgIpc) is 2.23. The first-order valence-corrected chi connectivity index (χ1v) is 5.77. The molecule has 0 aliphatic heterocycles. The van der Waals surface area contributed by atoms with Crippen molar-refractivity contribution in [2.24, 2.45) is 5.73 Å². The molecule has 0 radical (unpaired) electrons. The number of aromatic hydroxyl groups is 1. The number of thiocarbonyl (C=S) groups is 1. The highest BCUT2D eigenvalue weighted by Crippen LogP contribution is 2.15. The van der Waals surface area contributed by atoms with Crippen LogP contribution in [-0.4, -0.2) is 22.5 Å². The van der Waals surface area contributed by atoms with E-state index < -0.39 is 0 Å². The molecule has 0 aromatic heterocycles. The van der Waals surface area contributed by atoms with Crippen LogP contribution in [0.1, 0.15) is 28.8 Å². The normalized spacial score (nSPS) is 9.94. The van der Waals surface area contributed by atoms with Crippen molar-refractivity contribution in [2.75, 3.05) is 6.54 Å². The lowest BCUT2D eigenvalue weighted by Crippen LogP contribution is -2.26. The van der Waals surface area contributed by atoms with Crippen LogP contribution < -0.4 is 11.1 Å². The largest absolute Gasteiger partial charge is 0.508 e. The molecule has 0 aliphatic carbocycles. The predicted octanol–water partition coefficient (Wildman–Crippen LogP) is 1.50. The second-order valence-corrected chi connectivity index (χ2v) is 4.35. The quantitative estimate of drug-likeness (QED) is 0.548. The van der Waals surface area contributed by atoms with E-state index in [4.69, 9.17) is 18.0 Å². The Morgan fingerprint density at radius 1 is 1.53 bits per heavy atom. The van der Waals surface area contributed by atoms with Gasteiger partial charge in [-0.15, -0.1) is 0 Å². The highest BCUT2D eigenvalue weighted by molar-refractivity contribution is 7.80. The number of carbonyl (C=O) groups excluding carboxylic acids is 1. The fourth-order valence-corrected chi connectivity index (χ4v) is 1.61. The first-order chi connectivity index (χ1) is 8.00. The molecule has 1 rings (SSSR count). The predicted molar refractivity (Wildman–Crippen MR) is 71.2 cm³/mol. The highest BCUT2D eigenvalue weighted by atomic mass is 32.1. The van der Waals surface area contributed by atoms with E-state index in [0.717, 1.165) is 12.0 Å². The molecule has 0 bridgehead atoms. The van der Waals surface area contributed by atoms with Gasteiger partial charge in [0.2, 0.25) is 0 Å². The third-order valence-corrected chi connectivity index (χ3v) is 2.54. The summed E-state index contributed by atoms with van der Waals surface area (Å²) in [6.45, 7) is 2.32. The number of nitrogens with one attached hydrogen (secondary N) is 1. The van der Waals surface area contributed by atoms with Crippen LogP contribution in [0.4, 0.5) is 0 Å². The van der Waals surface area contributed by atoms with Crippen LogP contribution >= 0.6 is 12.2 Å². The maximum Gasteiger partial charge on any atom is 0.251 e. The Balaban J connectivity index is 2.50. The number of carbonyl (C=O) groups is 1. The van der Waals surface area contributed by atoms with Gasteiger partial charge >= 0.3 is 0 Å². The van der Waals surface area contributed by atoms with E-state index >= 15 is 0 Å². The van der Waals surface area contributed by atoms with Gasteiger partial charge in [0.1, 0.15) is 5.75 Å². The number of hydrogen-bond acceptors (Lipinski definition) is 3. The molecule has 0 aliphatic rings. The van der Waals surface area contributed by atoms with Crippen molar-refractivity contribution in [1.82, 2.24) is 5.32 Å². The van der Waals surface area contributed by atoms with Crippen LogP contribution in [0.25, 0.3) is 0 Å². The summed E-state index contributed by atoms with van der Waals surface area (Å²) in [5.41, 5.74) is 6.67. The zero-order valence-corrected chi connectivity index (χ0v) is 10.5. The average molecular weight is 252 g/mol. The lowest BCUT2D eigenvalue weighted by atomic mass is 10.1. The topological polar surface area (TPSA) is 75.3 Å². The maximum atomic E-state index is 11.8. The van der Waals surface area contributed by atoms with E-state index in [-0.39, 0.29) is 11.7 Å². The summed E-state index contributed by atoms with van der Waals surface area (Å²) in [6, 6.07) is 4.66. The van der Waals surface area contributed by atoms with Crippen LogP contribution in [0, 0.1) is 6.92 Å². The van der Waals surface area contributed by atoms with Crippen LogP contribution in [0.5, 0.6) is 5.75 Å². The zero-order chi connectivity index (χ0) is 12.8. The van der Waals surface area contributed by atoms with Gasteiger partial charge in [0.05, 0.1) is 4.99 Å². The van der Waals surface area contributed by atoms with E-state index in [0.29, 0.717) is 23.5 Å². The number of rotatable bonds is 5. The summed E-state index contributed by atoms with van der Waals surface area (Å²) in [5.74, 6) is 0.0120. The molecule has 1 aromatic rings. The molecule has 4 nitrogen and oxygen atoms in total. The SMILES string of the molecule is Cc1cc(O)ccc1C(=O)NCCCC(N)=S. The third-order valence-electron chi connectivity index (χ3n) is 2.34. The molecule has 17 heavy (non-hydrogen) atoms. The van der Waals surface area contributed by atoms with E-state index in [9.17, 15) is 9.90 Å². The zero-order valence-electron chi connectivity index (χ0n) is 9.69. The van der Waals surface area contributed by atoms with Gasteiger partial charge in [-0.1, -0.05) is 12.2 Å². The highest BCUT2D eigenvalue weighted by Gasteiger charge is 2.08. The fraction of sp³-hybridized carbons (Fsp3) is 0.333. The summed E-state index contributed by atoms with van der Waals surface area (Å²) in [5, 5.41) is 12.0. The number of hydrogen-bond donors (Lipinski definition) is 3. The number of nitrogens with two attached hydrogens (primary N) is 1. The Morgan fingerprint density at radius 2 is 2.24 bits per heavy atom. The molecule has 0 spiro atoms. The third kappa shape index (κ3) is 4.40. The Morgan fingerprint density at radius 3 is 2.82 bits per heavy atom. The fourth-order valence-electron chi connectivity index (χ4n) is 1.46. The minimum absolute atomic E-state index is 0.148. The smallest absolute Gasteiger partial charge is 0.251 e. The standard InChI is InChI=1S/C12H16N2O2S/c1-8-7-9(15)4-5-10(8)12(16)14-6-2-3-11(13)17/h4-5,7,15H,2-3,6H2,1H3,(H2,13,17)(H,14,16). The first kappa shape index (κ1) is 13.4. The van der Waals surface area contributed by atoms with E-state index in [2.05, 4.69) is 5.32 Å². The van der Waals surface area contributed by atoms with Crippen molar-refractivity contribution in [3.8, 4) is 5.75 Å². The van der Waals surface area contributed by atoms with Crippen LogP contribution in [0.15, 0.2) is 18.2 Å². The van der Waals surface area contributed by atoms with Crippen molar-refractivity contribution in [1.29, 1.82) is 0 Å². The van der Waals surface area contributed by atoms with Crippen molar-refractivity contribution in [2.45, 2.75) is 19.8 Å². The summed E-state index contributed by atoms with van der Waals surface area (Å²) in [7, 11) is 0. The molecule has 5 heteroatoms. The minimum atomic E-state index is -0.148. The van der Waals surface area contributed by atoms with Crippen molar-refractivity contribution >= 4 is 23.1 Å².